The lowest BCUT2D eigenvalue weighted by Gasteiger charge is -2.05. The molecule has 0 N–H and O–H groups in total. The van der Waals surface area contributed by atoms with Gasteiger partial charge < -0.3 is 0 Å². The van der Waals surface area contributed by atoms with E-state index in [1.54, 1.807) is 6.07 Å². The minimum absolute atomic E-state index is 0.618. The molecular formula is C14H8BrF3N2. The molecule has 0 saturated carbocycles. The van der Waals surface area contributed by atoms with Crippen LogP contribution in [0.4, 0.5) is 13.2 Å². The molecular weight excluding hydrogens is 333 g/mol. The van der Waals surface area contributed by atoms with E-state index < -0.39 is 11.7 Å². The first kappa shape index (κ1) is 13.2. The van der Waals surface area contributed by atoms with Gasteiger partial charge in [-0.3, -0.25) is 0 Å². The molecule has 20 heavy (non-hydrogen) atoms. The molecule has 0 aliphatic rings. The second-order valence-corrected chi connectivity index (χ2v) is 5.24. The maximum Gasteiger partial charge on any atom is 0.417 e. The standard InChI is InChI=1S/C14H8BrF3N2/c15-11-3-1-2-9(6-11)13-7-12-5-4-10(14(16,17)18)8-20(12)19-13/h1-8H. The zero-order valence-electron chi connectivity index (χ0n) is 10.0. The van der Waals surface area contributed by atoms with E-state index in [1.165, 1.54) is 10.6 Å². The highest BCUT2D eigenvalue weighted by molar-refractivity contribution is 9.10. The summed E-state index contributed by atoms with van der Waals surface area (Å²) in [6, 6.07) is 11.7. The van der Waals surface area contributed by atoms with Crippen molar-refractivity contribution in [2.24, 2.45) is 0 Å². The molecule has 0 saturated heterocycles. The third kappa shape index (κ3) is 2.43. The molecule has 2 nitrogen and oxygen atoms in total. The Morgan fingerprint density at radius 2 is 1.85 bits per heavy atom. The SMILES string of the molecule is FC(F)(F)c1ccc2cc(-c3cccc(Br)c3)nn2c1. The monoisotopic (exact) mass is 340 g/mol. The van der Waals surface area contributed by atoms with Gasteiger partial charge in [0, 0.05) is 16.2 Å². The fourth-order valence-electron chi connectivity index (χ4n) is 1.94. The Hall–Kier alpha value is -1.82. The molecule has 102 valence electrons. The van der Waals surface area contributed by atoms with Gasteiger partial charge >= 0.3 is 6.18 Å². The quantitative estimate of drug-likeness (QED) is 0.623. The average Bonchev–Trinajstić information content (AvgIpc) is 2.80. The van der Waals surface area contributed by atoms with Gasteiger partial charge in [-0.05, 0) is 30.3 Å². The maximum absolute atomic E-state index is 12.7. The Morgan fingerprint density at radius 3 is 2.55 bits per heavy atom. The van der Waals surface area contributed by atoms with Crippen molar-refractivity contribution >= 4 is 21.4 Å². The van der Waals surface area contributed by atoms with Crippen LogP contribution < -0.4 is 0 Å². The largest absolute Gasteiger partial charge is 0.417 e. The normalized spacial score (nSPS) is 12.0. The summed E-state index contributed by atoms with van der Waals surface area (Å²) in [5.41, 5.74) is 1.38. The lowest BCUT2D eigenvalue weighted by atomic mass is 10.1. The van der Waals surface area contributed by atoms with Crippen LogP contribution in [0, 0.1) is 0 Å². The molecule has 0 aliphatic heterocycles. The molecule has 0 amide bonds. The minimum atomic E-state index is -4.37. The fourth-order valence-corrected chi connectivity index (χ4v) is 2.34. The lowest BCUT2D eigenvalue weighted by molar-refractivity contribution is -0.137. The Kier molecular flexibility index (Phi) is 3.05. The molecule has 0 spiro atoms. The Morgan fingerprint density at radius 1 is 1.05 bits per heavy atom. The summed E-state index contributed by atoms with van der Waals surface area (Å²) in [6.07, 6.45) is -3.37. The van der Waals surface area contributed by atoms with Gasteiger partial charge in [0.05, 0.1) is 16.8 Å². The topological polar surface area (TPSA) is 17.3 Å². The van der Waals surface area contributed by atoms with E-state index >= 15 is 0 Å². The zero-order chi connectivity index (χ0) is 14.3. The van der Waals surface area contributed by atoms with Crippen LogP contribution in [0.15, 0.2) is 53.1 Å². The second-order valence-electron chi connectivity index (χ2n) is 4.32. The van der Waals surface area contributed by atoms with E-state index in [1.807, 2.05) is 24.3 Å². The number of nitrogens with zero attached hydrogens (tertiary/aromatic N) is 2. The summed E-state index contributed by atoms with van der Waals surface area (Å²) in [4.78, 5) is 0. The van der Waals surface area contributed by atoms with E-state index in [0.29, 0.717) is 11.2 Å². The summed E-state index contributed by atoms with van der Waals surface area (Å²) >= 11 is 3.36. The highest BCUT2D eigenvalue weighted by atomic mass is 79.9. The molecule has 0 aliphatic carbocycles. The number of aromatic nitrogens is 2. The number of hydrogen-bond donors (Lipinski definition) is 0. The molecule has 2 heterocycles. The van der Waals surface area contributed by atoms with E-state index in [9.17, 15) is 13.2 Å². The van der Waals surface area contributed by atoms with Crippen molar-refractivity contribution < 1.29 is 13.2 Å². The van der Waals surface area contributed by atoms with Crippen LogP contribution in [0.5, 0.6) is 0 Å². The van der Waals surface area contributed by atoms with Gasteiger partial charge in [0.2, 0.25) is 0 Å². The van der Waals surface area contributed by atoms with Gasteiger partial charge in [-0.25, -0.2) is 4.52 Å². The molecule has 0 atom stereocenters. The van der Waals surface area contributed by atoms with Crippen molar-refractivity contribution in [3.63, 3.8) is 0 Å². The van der Waals surface area contributed by atoms with Crippen molar-refractivity contribution in [2.75, 3.05) is 0 Å². The first-order valence-corrected chi connectivity index (χ1v) is 6.55. The summed E-state index contributed by atoms with van der Waals surface area (Å²) < 4.78 is 40.1. The number of halogens is 4. The molecule has 0 bridgehead atoms. The van der Waals surface area contributed by atoms with Gasteiger partial charge in [0.15, 0.2) is 0 Å². The lowest BCUT2D eigenvalue weighted by Crippen LogP contribution is -2.06. The van der Waals surface area contributed by atoms with E-state index in [-0.39, 0.29) is 0 Å². The van der Waals surface area contributed by atoms with Crippen LogP contribution in [-0.2, 0) is 6.18 Å². The second kappa shape index (κ2) is 4.63. The first-order valence-electron chi connectivity index (χ1n) is 5.76. The number of fused-ring (bicyclic) bond motifs is 1. The average molecular weight is 341 g/mol. The van der Waals surface area contributed by atoms with Crippen LogP contribution in [0.25, 0.3) is 16.8 Å². The smallest absolute Gasteiger partial charge is 0.240 e. The Bertz CT molecular complexity index is 777. The van der Waals surface area contributed by atoms with Crippen LogP contribution in [-0.4, -0.2) is 9.61 Å². The van der Waals surface area contributed by atoms with Gasteiger partial charge in [-0.1, -0.05) is 28.1 Å². The van der Waals surface area contributed by atoms with Crippen LogP contribution in [0.3, 0.4) is 0 Å². The van der Waals surface area contributed by atoms with Gasteiger partial charge in [-0.15, -0.1) is 0 Å². The molecule has 3 rings (SSSR count). The first-order chi connectivity index (χ1) is 9.43. The van der Waals surface area contributed by atoms with Gasteiger partial charge in [-0.2, -0.15) is 18.3 Å². The Balaban J connectivity index is 2.11. The van der Waals surface area contributed by atoms with Crippen LogP contribution in [0.1, 0.15) is 5.56 Å². The fraction of sp³-hybridized carbons (Fsp3) is 0.0714. The number of pyridine rings is 1. The summed E-state index contributed by atoms with van der Waals surface area (Å²) in [7, 11) is 0. The number of rotatable bonds is 1. The summed E-state index contributed by atoms with van der Waals surface area (Å²) in [5.74, 6) is 0. The van der Waals surface area contributed by atoms with Crippen molar-refractivity contribution in [2.45, 2.75) is 6.18 Å². The molecule has 0 unspecified atom stereocenters. The van der Waals surface area contributed by atoms with Crippen molar-refractivity contribution in [3.05, 3.63) is 58.7 Å². The maximum atomic E-state index is 12.7. The molecule has 1 aromatic carbocycles. The van der Waals surface area contributed by atoms with Gasteiger partial charge in [0.25, 0.3) is 0 Å². The van der Waals surface area contributed by atoms with E-state index in [0.717, 1.165) is 22.3 Å². The van der Waals surface area contributed by atoms with Gasteiger partial charge in [0.1, 0.15) is 0 Å². The summed E-state index contributed by atoms with van der Waals surface area (Å²) in [6.45, 7) is 0. The molecule has 0 fully saturated rings. The van der Waals surface area contributed by atoms with Crippen molar-refractivity contribution in [3.8, 4) is 11.3 Å². The molecule has 0 radical (unpaired) electrons. The predicted octanol–water partition coefficient (Wildman–Crippen LogP) is 4.78. The molecule has 3 aromatic rings. The number of alkyl halides is 3. The van der Waals surface area contributed by atoms with E-state index in [2.05, 4.69) is 21.0 Å². The highest BCUT2D eigenvalue weighted by Gasteiger charge is 2.30. The predicted molar refractivity (Wildman–Crippen MR) is 73.3 cm³/mol. The highest BCUT2D eigenvalue weighted by Crippen LogP contribution is 2.30. The van der Waals surface area contributed by atoms with Crippen molar-refractivity contribution in [1.82, 2.24) is 9.61 Å². The third-order valence-corrected chi connectivity index (χ3v) is 3.40. The molecule has 2 aromatic heterocycles. The number of hydrogen-bond acceptors (Lipinski definition) is 1. The van der Waals surface area contributed by atoms with Crippen molar-refractivity contribution in [1.29, 1.82) is 0 Å². The number of benzene rings is 1. The molecule has 6 heteroatoms. The minimum Gasteiger partial charge on any atom is -0.240 e. The van der Waals surface area contributed by atoms with E-state index in [4.69, 9.17) is 0 Å². The summed E-state index contributed by atoms with van der Waals surface area (Å²) in [5, 5.41) is 4.19. The van der Waals surface area contributed by atoms with Crippen LogP contribution in [0.2, 0.25) is 0 Å². The third-order valence-electron chi connectivity index (χ3n) is 2.91. The Labute approximate surface area is 121 Å². The van der Waals surface area contributed by atoms with Crippen LogP contribution >= 0.6 is 15.9 Å². The zero-order valence-corrected chi connectivity index (χ0v) is 11.6.